The zero-order valence-corrected chi connectivity index (χ0v) is 13.9. The minimum atomic E-state index is -0.584. The summed E-state index contributed by atoms with van der Waals surface area (Å²) in [4.78, 5) is 25.9. The number of aryl methyl sites for hydroxylation is 1. The summed E-state index contributed by atoms with van der Waals surface area (Å²) < 4.78 is 0. The number of hydrogen-bond donors (Lipinski definition) is 1. The molecular formula is C17H14Cl2N2O2. The molecule has 0 bridgehead atoms. The minimum absolute atomic E-state index is 0.104. The number of carbonyl (C=O) groups is 2. The van der Waals surface area contributed by atoms with Crippen LogP contribution >= 0.6 is 23.2 Å². The zero-order chi connectivity index (χ0) is 16.6. The van der Waals surface area contributed by atoms with E-state index in [0.717, 1.165) is 16.2 Å². The van der Waals surface area contributed by atoms with Crippen molar-refractivity contribution >= 4 is 46.4 Å². The van der Waals surface area contributed by atoms with E-state index < -0.39 is 6.04 Å². The van der Waals surface area contributed by atoms with E-state index in [9.17, 15) is 9.59 Å². The Hall–Kier alpha value is -2.04. The standard InChI is InChI=1S/C17H14Cl2N2O2/c1-10-2-4-11(5-3-10)20-15-9-16(22)21(17(15)23)12-6-7-13(18)14(19)8-12/h2-8,15,20H,9H2,1H3/t15-/m0/s1. The topological polar surface area (TPSA) is 49.4 Å². The number of imide groups is 1. The van der Waals surface area contributed by atoms with Gasteiger partial charge >= 0.3 is 0 Å². The number of carbonyl (C=O) groups excluding carboxylic acids is 2. The Morgan fingerprint density at radius 1 is 1.04 bits per heavy atom. The van der Waals surface area contributed by atoms with Crippen LogP contribution in [0.3, 0.4) is 0 Å². The first-order valence-electron chi connectivity index (χ1n) is 7.11. The fourth-order valence-electron chi connectivity index (χ4n) is 2.49. The second-order valence-electron chi connectivity index (χ2n) is 5.43. The van der Waals surface area contributed by atoms with Crippen molar-refractivity contribution < 1.29 is 9.59 Å². The van der Waals surface area contributed by atoms with Gasteiger partial charge in [0.15, 0.2) is 0 Å². The van der Waals surface area contributed by atoms with Crippen LogP contribution in [-0.4, -0.2) is 17.9 Å². The lowest BCUT2D eigenvalue weighted by Gasteiger charge is -2.16. The maximum atomic E-state index is 12.6. The van der Waals surface area contributed by atoms with Gasteiger partial charge in [-0.3, -0.25) is 9.59 Å². The quantitative estimate of drug-likeness (QED) is 0.851. The van der Waals surface area contributed by atoms with Crippen molar-refractivity contribution in [3.05, 3.63) is 58.1 Å². The molecule has 1 aliphatic rings. The van der Waals surface area contributed by atoms with Gasteiger partial charge in [0.2, 0.25) is 5.91 Å². The molecular weight excluding hydrogens is 335 g/mol. The molecule has 0 spiro atoms. The lowest BCUT2D eigenvalue weighted by Crippen LogP contribution is -2.34. The Balaban J connectivity index is 1.82. The lowest BCUT2D eigenvalue weighted by molar-refractivity contribution is -0.121. The molecule has 6 heteroatoms. The molecule has 1 atom stereocenters. The predicted octanol–water partition coefficient (Wildman–Crippen LogP) is 4.05. The highest BCUT2D eigenvalue weighted by Gasteiger charge is 2.39. The van der Waals surface area contributed by atoms with Crippen LogP contribution in [-0.2, 0) is 9.59 Å². The second-order valence-corrected chi connectivity index (χ2v) is 6.25. The van der Waals surface area contributed by atoms with Gasteiger partial charge < -0.3 is 5.32 Å². The molecule has 4 nitrogen and oxygen atoms in total. The van der Waals surface area contributed by atoms with E-state index in [1.165, 1.54) is 6.07 Å². The Bertz CT molecular complexity index is 775. The summed E-state index contributed by atoms with van der Waals surface area (Å²) in [5.74, 6) is -0.563. The van der Waals surface area contributed by atoms with E-state index in [1.807, 2.05) is 31.2 Å². The SMILES string of the molecule is Cc1ccc(N[C@H]2CC(=O)N(c3ccc(Cl)c(Cl)c3)C2=O)cc1. The van der Waals surface area contributed by atoms with E-state index in [0.29, 0.717) is 15.7 Å². The van der Waals surface area contributed by atoms with Crippen LogP contribution in [0, 0.1) is 6.92 Å². The fourth-order valence-corrected chi connectivity index (χ4v) is 2.78. The van der Waals surface area contributed by atoms with Crippen LogP contribution < -0.4 is 10.2 Å². The molecule has 2 aromatic carbocycles. The Kier molecular flexibility index (Phi) is 4.28. The summed E-state index contributed by atoms with van der Waals surface area (Å²) in [7, 11) is 0. The minimum Gasteiger partial charge on any atom is -0.373 e. The van der Waals surface area contributed by atoms with Crippen LogP contribution in [0.2, 0.25) is 10.0 Å². The number of hydrogen-bond acceptors (Lipinski definition) is 3. The highest BCUT2D eigenvalue weighted by molar-refractivity contribution is 6.42. The Morgan fingerprint density at radius 2 is 1.74 bits per heavy atom. The van der Waals surface area contributed by atoms with Crippen molar-refractivity contribution in [1.29, 1.82) is 0 Å². The van der Waals surface area contributed by atoms with Crippen LogP contribution in [0.5, 0.6) is 0 Å². The summed E-state index contributed by atoms with van der Waals surface area (Å²) in [5, 5.41) is 3.79. The van der Waals surface area contributed by atoms with Gasteiger partial charge in [-0.1, -0.05) is 40.9 Å². The van der Waals surface area contributed by atoms with E-state index in [1.54, 1.807) is 12.1 Å². The molecule has 2 aromatic rings. The van der Waals surface area contributed by atoms with Gasteiger partial charge in [0, 0.05) is 5.69 Å². The van der Waals surface area contributed by atoms with Crippen LogP contribution in [0.4, 0.5) is 11.4 Å². The van der Waals surface area contributed by atoms with E-state index in [-0.39, 0.29) is 18.2 Å². The number of nitrogens with one attached hydrogen (secondary N) is 1. The molecule has 0 aromatic heterocycles. The van der Waals surface area contributed by atoms with Crippen LogP contribution in [0.25, 0.3) is 0 Å². The summed E-state index contributed by atoms with van der Waals surface area (Å²) in [5.41, 5.74) is 2.36. The third-order valence-electron chi connectivity index (χ3n) is 3.70. The monoisotopic (exact) mass is 348 g/mol. The summed E-state index contributed by atoms with van der Waals surface area (Å²) in [6.45, 7) is 1.99. The number of rotatable bonds is 3. The van der Waals surface area contributed by atoms with Crippen molar-refractivity contribution in [3.63, 3.8) is 0 Å². The third kappa shape index (κ3) is 3.19. The first kappa shape index (κ1) is 15.8. The van der Waals surface area contributed by atoms with Gasteiger partial charge in [0.05, 0.1) is 22.2 Å². The number of amides is 2. The van der Waals surface area contributed by atoms with E-state index in [2.05, 4.69) is 5.32 Å². The molecule has 0 radical (unpaired) electrons. The second kappa shape index (κ2) is 6.22. The summed E-state index contributed by atoms with van der Waals surface area (Å²) in [6.07, 6.45) is 0.104. The lowest BCUT2D eigenvalue weighted by atomic mass is 10.2. The Labute approximate surface area is 144 Å². The largest absolute Gasteiger partial charge is 0.373 e. The average Bonchev–Trinajstić information content (AvgIpc) is 2.79. The smallest absolute Gasteiger partial charge is 0.256 e. The molecule has 0 aliphatic carbocycles. The van der Waals surface area contributed by atoms with Crippen LogP contribution in [0.15, 0.2) is 42.5 Å². The number of benzene rings is 2. The molecule has 1 aliphatic heterocycles. The summed E-state index contributed by atoms with van der Waals surface area (Å²) >= 11 is 11.8. The number of anilines is 2. The summed E-state index contributed by atoms with van der Waals surface area (Å²) in [6, 6.07) is 11.8. The molecule has 1 fully saturated rings. The molecule has 0 unspecified atom stereocenters. The van der Waals surface area contributed by atoms with Gasteiger partial charge in [-0.2, -0.15) is 0 Å². The van der Waals surface area contributed by atoms with E-state index in [4.69, 9.17) is 23.2 Å². The van der Waals surface area contributed by atoms with Gasteiger partial charge in [-0.05, 0) is 37.3 Å². The Morgan fingerprint density at radius 3 is 2.39 bits per heavy atom. The fraction of sp³-hybridized carbons (Fsp3) is 0.176. The van der Waals surface area contributed by atoms with Gasteiger partial charge in [0.25, 0.3) is 5.91 Å². The average molecular weight is 349 g/mol. The van der Waals surface area contributed by atoms with Crippen molar-refractivity contribution in [2.45, 2.75) is 19.4 Å². The van der Waals surface area contributed by atoms with Crippen molar-refractivity contribution in [2.24, 2.45) is 0 Å². The first-order valence-corrected chi connectivity index (χ1v) is 7.86. The van der Waals surface area contributed by atoms with Crippen molar-refractivity contribution in [1.82, 2.24) is 0 Å². The van der Waals surface area contributed by atoms with Crippen molar-refractivity contribution in [3.8, 4) is 0 Å². The molecule has 23 heavy (non-hydrogen) atoms. The highest BCUT2D eigenvalue weighted by atomic mass is 35.5. The molecule has 118 valence electrons. The van der Waals surface area contributed by atoms with Gasteiger partial charge in [-0.15, -0.1) is 0 Å². The number of nitrogens with zero attached hydrogens (tertiary/aromatic N) is 1. The number of halogens is 2. The normalized spacial score (nSPS) is 17.7. The molecule has 1 saturated heterocycles. The van der Waals surface area contributed by atoms with Crippen LogP contribution in [0.1, 0.15) is 12.0 Å². The highest BCUT2D eigenvalue weighted by Crippen LogP contribution is 2.30. The van der Waals surface area contributed by atoms with Crippen molar-refractivity contribution in [2.75, 3.05) is 10.2 Å². The molecule has 2 amide bonds. The predicted molar refractivity (Wildman–Crippen MR) is 92.2 cm³/mol. The van der Waals surface area contributed by atoms with Gasteiger partial charge in [-0.25, -0.2) is 4.90 Å². The maximum Gasteiger partial charge on any atom is 0.256 e. The third-order valence-corrected chi connectivity index (χ3v) is 4.44. The molecule has 1 heterocycles. The van der Waals surface area contributed by atoms with E-state index >= 15 is 0 Å². The first-order chi connectivity index (χ1) is 11.0. The molecule has 3 rings (SSSR count). The molecule has 1 N–H and O–H groups in total. The zero-order valence-electron chi connectivity index (χ0n) is 12.3. The maximum absolute atomic E-state index is 12.6. The van der Waals surface area contributed by atoms with Gasteiger partial charge in [0.1, 0.15) is 6.04 Å². The molecule has 0 saturated carbocycles.